The van der Waals surface area contributed by atoms with E-state index in [0.29, 0.717) is 11.3 Å². The highest BCUT2D eigenvalue weighted by atomic mass is 79.9. The molecule has 1 aliphatic heterocycles. The zero-order chi connectivity index (χ0) is 24.2. The van der Waals surface area contributed by atoms with Gasteiger partial charge in [0, 0.05) is 14.5 Å². The molecule has 34 heavy (non-hydrogen) atoms. The molecule has 3 aromatic carbocycles. The van der Waals surface area contributed by atoms with Crippen molar-refractivity contribution in [2.75, 3.05) is 0 Å². The van der Waals surface area contributed by atoms with Crippen molar-refractivity contribution in [2.45, 2.75) is 13.2 Å². The number of carbonyl (C=O) groups is 3. The maximum absolute atomic E-state index is 12.9. The second-order valence-electron chi connectivity index (χ2n) is 7.48. The number of nitrogens with one attached hydrogen (secondary N) is 1. The van der Waals surface area contributed by atoms with Gasteiger partial charge in [-0.2, -0.15) is 0 Å². The van der Waals surface area contributed by atoms with Crippen molar-refractivity contribution < 1.29 is 24.2 Å². The van der Waals surface area contributed by atoms with Crippen LogP contribution in [0, 0.1) is 0 Å². The lowest BCUT2D eigenvalue weighted by Crippen LogP contribution is -2.30. The molecule has 7 nitrogen and oxygen atoms in total. The number of hydrogen-bond acceptors (Lipinski definition) is 4. The number of imide groups is 1. The zero-order valence-electron chi connectivity index (χ0n) is 17.6. The van der Waals surface area contributed by atoms with Crippen LogP contribution in [0.4, 0.5) is 4.79 Å². The van der Waals surface area contributed by atoms with Gasteiger partial charge in [-0.05, 0) is 59.7 Å². The van der Waals surface area contributed by atoms with Crippen molar-refractivity contribution in [1.82, 2.24) is 10.2 Å². The first-order chi connectivity index (χ1) is 16.3. The summed E-state index contributed by atoms with van der Waals surface area (Å²) >= 11 is 6.79. The number of urea groups is 1. The van der Waals surface area contributed by atoms with E-state index in [1.165, 1.54) is 12.1 Å². The molecule has 9 heteroatoms. The van der Waals surface area contributed by atoms with Gasteiger partial charge in [-0.15, -0.1) is 0 Å². The Morgan fingerprint density at radius 2 is 1.59 bits per heavy atom. The minimum atomic E-state index is -0.994. The van der Waals surface area contributed by atoms with E-state index < -0.39 is 17.9 Å². The summed E-state index contributed by atoms with van der Waals surface area (Å²) in [7, 11) is 0. The fraction of sp³-hybridized carbons (Fsp3) is 0.0800. The van der Waals surface area contributed by atoms with Crippen molar-refractivity contribution in [1.29, 1.82) is 0 Å². The Hall–Kier alpha value is -3.43. The summed E-state index contributed by atoms with van der Waals surface area (Å²) in [5, 5.41) is 11.7. The molecule has 0 aromatic heterocycles. The van der Waals surface area contributed by atoms with Crippen molar-refractivity contribution >= 4 is 55.8 Å². The average molecular weight is 586 g/mol. The van der Waals surface area contributed by atoms with E-state index in [4.69, 9.17) is 9.84 Å². The molecule has 0 atom stereocenters. The summed E-state index contributed by atoms with van der Waals surface area (Å²) in [6, 6.07) is 18.6. The number of aromatic carboxylic acids is 1. The maximum atomic E-state index is 12.9. The third-order valence-corrected chi connectivity index (χ3v) is 6.11. The topological polar surface area (TPSA) is 95.9 Å². The Bertz CT molecular complexity index is 1290. The van der Waals surface area contributed by atoms with Crippen molar-refractivity contribution in [3.05, 3.63) is 104 Å². The molecule has 0 spiro atoms. The Morgan fingerprint density at radius 3 is 2.26 bits per heavy atom. The Labute approximate surface area is 212 Å². The minimum absolute atomic E-state index is 0.149. The molecule has 0 unspecified atom stereocenters. The summed E-state index contributed by atoms with van der Waals surface area (Å²) in [5.74, 6) is -0.915. The van der Waals surface area contributed by atoms with Gasteiger partial charge in [0.25, 0.3) is 5.91 Å². The van der Waals surface area contributed by atoms with Crippen LogP contribution in [0.1, 0.15) is 27.0 Å². The molecule has 3 aromatic rings. The normalized spacial score (nSPS) is 14.4. The second kappa shape index (κ2) is 10.2. The lowest BCUT2D eigenvalue weighted by atomic mass is 10.1. The zero-order valence-corrected chi connectivity index (χ0v) is 20.8. The lowest BCUT2D eigenvalue weighted by molar-refractivity contribution is -0.123. The number of carboxylic acid groups (broad SMARTS) is 1. The van der Waals surface area contributed by atoms with Crippen LogP contribution in [0.5, 0.6) is 5.75 Å². The van der Waals surface area contributed by atoms with Gasteiger partial charge in [0.15, 0.2) is 0 Å². The third-order valence-electron chi connectivity index (χ3n) is 5.08. The Morgan fingerprint density at radius 1 is 0.941 bits per heavy atom. The monoisotopic (exact) mass is 584 g/mol. The van der Waals surface area contributed by atoms with Gasteiger partial charge in [-0.3, -0.25) is 9.69 Å². The van der Waals surface area contributed by atoms with Gasteiger partial charge in [0.1, 0.15) is 18.1 Å². The average Bonchev–Trinajstić information content (AvgIpc) is 3.07. The van der Waals surface area contributed by atoms with Crippen LogP contribution >= 0.6 is 31.9 Å². The molecule has 0 aliphatic carbocycles. The van der Waals surface area contributed by atoms with Crippen molar-refractivity contribution in [3.63, 3.8) is 0 Å². The molecule has 0 radical (unpaired) electrons. The molecule has 1 fully saturated rings. The van der Waals surface area contributed by atoms with Gasteiger partial charge < -0.3 is 15.2 Å². The van der Waals surface area contributed by atoms with E-state index in [2.05, 4.69) is 37.2 Å². The lowest BCUT2D eigenvalue weighted by Gasteiger charge is -2.12. The molecule has 3 amide bonds. The van der Waals surface area contributed by atoms with E-state index in [9.17, 15) is 14.4 Å². The smallest absolute Gasteiger partial charge is 0.335 e. The van der Waals surface area contributed by atoms with Crippen LogP contribution in [0.2, 0.25) is 0 Å². The maximum Gasteiger partial charge on any atom is 0.335 e. The number of carboxylic acids is 1. The molecule has 4 rings (SSSR count). The first-order valence-electron chi connectivity index (χ1n) is 10.1. The summed E-state index contributed by atoms with van der Waals surface area (Å²) in [6.45, 7) is 0.358. The number of benzene rings is 3. The Balaban J connectivity index is 1.52. The van der Waals surface area contributed by atoms with E-state index >= 15 is 0 Å². The highest BCUT2D eigenvalue weighted by Crippen LogP contribution is 2.28. The molecule has 1 heterocycles. The SMILES string of the molecule is O=C(O)c1ccc(COc2ccc(Br)cc2/C=C2/NC(=O)N(Cc3ccc(Br)cc3)C2=O)cc1. The summed E-state index contributed by atoms with van der Waals surface area (Å²) in [4.78, 5) is 37.5. The molecular formula is C25H18Br2N2O5. The molecule has 1 aliphatic rings. The quantitative estimate of drug-likeness (QED) is 0.279. The van der Waals surface area contributed by atoms with Gasteiger partial charge in [-0.25, -0.2) is 9.59 Å². The van der Waals surface area contributed by atoms with Crippen LogP contribution < -0.4 is 10.1 Å². The largest absolute Gasteiger partial charge is 0.488 e. The number of rotatable bonds is 7. The highest BCUT2D eigenvalue weighted by molar-refractivity contribution is 9.10. The molecule has 0 saturated carbocycles. The van der Waals surface area contributed by atoms with Crippen LogP contribution in [-0.2, 0) is 17.9 Å². The molecule has 0 bridgehead atoms. The van der Waals surface area contributed by atoms with Crippen molar-refractivity contribution in [3.8, 4) is 5.75 Å². The van der Waals surface area contributed by atoms with E-state index in [0.717, 1.165) is 25.0 Å². The molecular weight excluding hydrogens is 568 g/mol. The van der Waals surface area contributed by atoms with Crippen LogP contribution in [0.25, 0.3) is 6.08 Å². The molecule has 2 N–H and O–H groups in total. The number of halogens is 2. The standard InChI is InChI=1S/C25H18Br2N2O5/c26-19-7-3-15(4-8-19)13-29-23(30)21(28-25(29)33)12-18-11-20(27)9-10-22(18)34-14-16-1-5-17(6-2-16)24(31)32/h1-12H,13-14H2,(H,28,33)(H,31,32)/b21-12+. The minimum Gasteiger partial charge on any atom is -0.488 e. The van der Waals surface area contributed by atoms with Crippen LogP contribution in [-0.4, -0.2) is 27.9 Å². The van der Waals surface area contributed by atoms with Crippen LogP contribution in [0.3, 0.4) is 0 Å². The number of nitrogens with zero attached hydrogens (tertiary/aromatic N) is 1. The van der Waals surface area contributed by atoms with Gasteiger partial charge >= 0.3 is 12.0 Å². The van der Waals surface area contributed by atoms with Gasteiger partial charge in [-0.1, -0.05) is 56.1 Å². The van der Waals surface area contributed by atoms with Crippen LogP contribution in [0.15, 0.2) is 81.4 Å². The van der Waals surface area contributed by atoms with Gasteiger partial charge in [0.2, 0.25) is 0 Å². The van der Waals surface area contributed by atoms with Crippen molar-refractivity contribution in [2.24, 2.45) is 0 Å². The first kappa shape index (κ1) is 23.7. The predicted molar refractivity (Wildman–Crippen MR) is 133 cm³/mol. The third kappa shape index (κ3) is 5.55. The second-order valence-corrected chi connectivity index (χ2v) is 9.31. The first-order valence-corrected chi connectivity index (χ1v) is 11.7. The summed E-state index contributed by atoms with van der Waals surface area (Å²) in [6.07, 6.45) is 1.58. The summed E-state index contributed by atoms with van der Waals surface area (Å²) < 4.78 is 7.62. The number of carbonyl (C=O) groups excluding carboxylic acids is 2. The summed E-state index contributed by atoms with van der Waals surface area (Å²) in [5.41, 5.74) is 2.56. The predicted octanol–water partition coefficient (Wildman–Crippen LogP) is 5.58. The fourth-order valence-corrected chi connectivity index (χ4v) is 3.95. The number of amides is 3. The molecule has 172 valence electrons. The van der Waals surface area contributed by atoms with E-state index in [-0.39, 0.29) is 24.4 Å². The Kier molecular flexibility index (Phi) is 7.14. The van der Waals surface area contributed by atoms with E-state index in [1.54, 1.807) is 36.4 Å². The fourth-order valence-electron chi connectivity index (χ4n) is 3.31. The highest BCUT2D eigenvalue weighted by Gasteiger charge is 2.33. The van der Waals surface area contributed by atoms with Gasteiger partial charge in [0.05, 0.1) is 12.1 Å². The number of hydrogen-bond donors (Lipinski definition) is 2. The number of ether oxygens (including phenoxy) is 1. The molecule has 1 saturated heterocycles. The van der Waals surface area contributed by atoms with E-state index in [1.807, 2.05) is 24.3 Å².